The van der Waals surface area contributed by atoms with Crippen molar-refractivity contribution in [1.29, 1.82) is 0 Å². The number of rotatable bonds is 4. The summed E-state index contributed by atoms with van der Waals surface area (Å²) in [6.45, 7) is 7.33. The molecule has 2 rings (SSSR count). The molecule has 0 aliphatic heterocycles. The Bertz CT molecular complexity index is 792. The molecule has 0 amide bonds. The lowest BCUT2D eigenvalue weighted by molar-refractivity contribution is 0.398. The van der Waals surface area contributed by atoms with E-state index in [9.17, 15) is 8.42 Å². The standard InChI is InChI=1S/C17H22N2O3S/c1-12-10-14(23(20,21)19-17(2,3)4)7-8-15(12)13-6-9-16(22-5)18-11-13/h6-11,19H,1-5H3. The van der Waals surface area contributed by atoms with Crippen molar-refractivity contribution in [2.24, 2.45) is 0 Å². The zero-order chi connectivity index (χ0) is 17.3. The molecule has 0 aliphatic carbocycles. The summed E-state index contributed by atoms with van der Waals surface area (Å²) in [5.74, 6) is 0.542. The molecule has 0 saturated heterocycles. The van der Waals surface area contributed by atoms with Crippen molar-refractivity contribution >= 4 is 10.0 Å². The molecule has 6 heteroatoms. The van der Waals surface area contributed by atoms with Gasteiger partial charge in [0.1, 0.15) is 0 Å². The fourth-order valence-electron chi connectivity index (χ4n) is 2.25. The van der Waals surface area contributed by atoms with Crippen molar-refractivity contribution in [3.05, 3.63) is 42.1 Å². The summed E-state index contributed by atoms with van der Waals surface area (Å²) in [5.41, 5.74) is 2.20. The van der Waals surface area contributed by atoms with Gasteiger partial charge in [-0.05, 0) is 57.0 Å². The Morgan fingerprint density at radius 1 is 1.13 bits per heavy atom. The van der Waals surface area contributed by atoms with Crippen molar-refractivity contribution in [2.75, 3.05) is 7.11 Å². The number of ether oxygens (including phenoxy) is 1. The van der Waals surface area contributed by atoms with Gasteiger partial charge in [0.05, 0.1) is 12.0 Å². The minimum absolute atomic E-state index is 0.259. The highest BCUT2D eigenvalue weighted by Gasteiger charge is 2.22. The Hall–Kier alpha value is -1.92. The lowest BCUT2D eigenvalue weighted by Crippen LogP contribution is -2.40. The Kier molecular flexibility index (Phi) is 4.77. The van der Waals surface area contributed by atoms with Gasteiger partial charge in [0.2, 0.25) is 15.9 Å². The highest BCUT2D eigenvalue weighted by molar-refractivity contribution is 7.89. The van der Waals surface area contributed by atoms with Crippen LogP contribution in [0.1, 0.15) is 26.3 Å². The summed E-state index contributed by atoms with van der Waals surface area (Å²) < 4.78 is 32.5. The maximum Gasteiger partial charge on any atom is 0.241 e. The van der Waals surface area contributed by atoms with Crippen molar-refractivity contribution < 1.29 is 13.2 Å². The molecule has 1 heterocycles. The molecule has 0 bridgehead atoms. The van der Waals surface area contributed by atoms with Crippen molar-refractivity contribution in [3.8, 4) is 17.0 Å². The van der Waals surface area contributed by atoms with E-state index in [2.05, 4.69) is 9.71 Å². The number of sulfonamides is 1. The molecule has 5 nitrogen and oxygen atoms in total. The van der Waals surface area contributed by atoms with Gasteiger partial charge < -0.3 is 4.74 Å². The van der Waals surface area contributed by atoms with Crippen LogP contribution in [-0.2, 0) is 10.0 Å². The first-order valence-corrected chi connectivity index (χ1v) is 8.76. The summed E-state index contributed by atoms with van der Waals surface area (Å²) in [6.07, 6.45) is 1.71. The summed E-state index contributed by atoms with van der Waals surface area (Å²) in [6, 6.07) is 8.76. The van der Waals surface area contributed by atoms with Crippen LogP contribution in [0.25, 0.3) is 11.1 Å². The van der Waals surface area contributed by atoms with Gasteiger partial charge in [-0.3, -0.25) is 0 Å². The lowest BCUT2D eigenvalue weighted by Gasteiger charge is -2.20. The molecule has 0 radical (unpaired) electrons. The Morgan fingerprint density at radius 3 is 2.30 bits per heavy atom. The third-order valence-electron chi connectivity index (χ3n) is 3.21. The first-order valence-electron chi connectivity index (χ1n) is 7.27. The number of aromatic nitrogens is 1. The van der Waals surface area contributed by atoms with Crippen LogP contribution in [0, 0.1) is 6.92 Å². The molecule has 0 saturated carbocycles. The van der Waals surface area contributed by atoms with E-state index in [1.165, 1.54) is 0 Å². The normalized spacial score (nSPS) is 12.2. The molecule has 1 aromatic heterocycles. The first kappa shape index (κ1) is 17.4. The van der Waals surface area contributed by atoms with Crippen LogP contribution >= 0.6 is 0 Å². The third-order valence-corrected chi connectivity index (χ3v) is 4.96. The number of nitrogens with one attached hydrogen (secondary N) is 1. The fourth-order valence-corrected chi connectivity index (χ4v) is 3.75. The number of hydrogen-bond donors (Lipinski definition) is 1. The molecule has 0 atom stereocenters. The van der Waals surface area contributed by atoms with Crippen molar-refractivity contribution in [2.45, 2.75) is 38.1 Å². The molecular formula is C17H22N2O3S. The van der Waals surface area contributed by atoms with Gasteiger partial charge in [0, 0.05) is 23.4 Å². The minimum atomic E-state index is -3.54. The molecule has 0 aliphatic rings. The van der Waals surface area contributed by atoms with Crippen molar-refractivity contribution in [3.63, 3.8) is 0 Å². The highest BCUT2D eigenvalue weighted by Crippen LogP contribution is 2.26. The van der Waals surface area contributed by atoms with Crippen LogP contribution in [0.3, 0.4) is 0 Å². The van der Waals surface area contributed by atoms with Gasteiger partial charge >= 0.3 is 0 Å². The van der Waals surface area contributed by atoms with Crippen LogP contribution in [0.15, 0.2) is 41.4 Å². The zero-order valence-electron chi connectivity index (χ0n) is 14.0. The van der Waals surface area contributed by atoms with E-state index in [1.54, 1.807) is 37.6 Å². The van der Waals surface area contributed by atoms with Crippen LogP contribution < -0.4 is 9.46 Å². The second-order valence-electron chi connectivity index (χ2n) is 6.42. The van der Waals surface area contributed by atoms with Crippen LogP contribution in [-0.4, -0.2) is 26.1 Å². The zero-order valence-corrected chi connectivity index (χ0v) is 14.9. The number of benzene rings is 1. The van der Waals surface area contributed by atoms with Gasteiger partial charge in [-0.1, -0.05) is 6.07 Å². The molecule has 23 heavy (non-hydrogen) atoms. The fraction of sp³-hybridized carbons (Fsp3) is 0.353. The molecule has 1 N–H and O–H groups in total. The van der Waals surface area contributed by atoms with Gasteiger partial charge in [-0.25, -0.2) is 18.1 Å². The third kappa shape index (κ3) is 4.30. The maximum atomic E-state index is 12.4. The van der Waals surface area contributed by atoms with Gasteiger partial charge in [-0.15, -0.1) is 0 Å². The van der Waals surface area contributed by atoms with E-state index < -0.39 is 15.6 Å². The van der Waals surface area contributed by atoms with Crippen molar-refractivity contribution in [1.82, 2.24) is 9.71 Å². The molecule has 0 unspecified atom stereocenters. The summed E-state index contributed by atoms with van der Waals surface area (Å²) in [7, 11) is -1.97. The molecule has 2 aromatic rings. The van der Waals surface area contributed by atoms with E-state index in [0.717, 1.165) is 16.7 Å². The molecule has 1 aromatic carbocycles. The Labute approximate surface area is 137 Å². The maximum absolute atomic E-state index is 12.4. The first-order chi connectivity index (χ1) is 10.6. The van der Waals surface area contributed by atoms with Gasteiger partial charge in [-0.2, -0.15) is 0 Å². The second kappa shape index (κ2) is 6.29. The van der Waals surface area contributed by atoms with Crippen LogP contribution in [0.2, 0.25) is 0 Å². The predicted octanol–water partition coefficient (Wildman–Crippen LogP) is 3.14. The molecular weight excluding hydrogens is 312 g/mol. The topological polar surface area (TPSA) is 68.3 Å². The Morgan fingerprint density at radius 2 is 1.83 bits per heavy atom. The molecule has 0 spiro atoms. The minimum Gasteiger partial charge on any atom is -0.481 e. The van der Waals surface area contributed by atoms with E-state index in [0.29, 0.717) is 5.88 Å². The Balaban J connectivity index is 2.37. The summed E-state index contributed by atoms with van der Waals surface area (Å²) in [4.78, 5) is 4.44. The van der Waals surface area contributed by atoms with Gasteiger partial charge in [0.15, 0.2) is 0 Å². The number of nitrogens with zero attached hydrogens (tertiary/aromatic N) is 1. The van der Waals surface area contributed by atoms with E-state index in [-0.39, 0.29) is 4.90 Å². The number of methoxy groups -OCH3 is 1. The average Bonchev–Trinajstić information content (AvgIpc) is 2.45. The quantitative estimate of drug-likeness (QED) is 0.932. The van der Waals surface area contributed by atoms with Crippen LogP contribution in [0.5, 0.6) is 5.88 Å². The lowest BCUT2D eigenvalue weighted by atomic mass is 10.0. The highest BCUT2D eigenvalue weighted by atomic mass is 32.2. The summed E-state index contributed by atoms with van der Waals surface area (Å²) >= 11 is 0. The number of hydrogen-bond acceptors (Lipinski definition) is 4. The largest absolute Gasteiger partial charge is 0.481 e. The van der Waals surface area contributed by atoms with Gasteiger partial charge in [0.25, 0.3) is 0 Å². The monoisotopic (exact) mass is 334 g/mol. The predicted molar refractivity (Wildman–Crippen MR) is 91.0 cm³/mol. The SMILES string of the molecule is COc1ccc(-c2ccc(S(=O)(=O)NC(C)(C)C)cc2C)cn1. The van der Waals surface area contributed by atoms with E-state index in [4.69, 9.17) is 4.74 Å². The molecule has 124 valence electrons. The van der Waals surface area contributed by atoms with Crippen LogP contribution in [0.4, 0.5) is 0 Å². The smallest absolute Gasteiger partial charge is 0.241 e. The van der Waals surface area contributed by atoms with E-state index in [1.807, 2.05) is 33.8 Å². The summed E-state index contributed by atoms with van der Waals surface area (Å²) in [5, 5.41) is 0. The van der Waals surface area contributed by atoms with E-state index >= 15 is 0 Å². The number of pyridine rings is 1. The number of aryl methyl sites for hydroxylation is 1. The second-order valence-corrected chi connectivity index (χ2v) is 8.10. The average molecular weight is 334 g/mol. The molecule has 0 fully saturated rings.